The summed E-state index contributed by atoms with van der Waals surface area (Å²) in [5, 5.41) is 3.12. The van der Waals surface area contributed by atoms with E-state index in [4.69, 9.17) is 37.8 Å². The van der Waals surface area contributed by atoms with Crippen LogP contribution in [0.5, 0.6) is 0 Å². The Hall–Kier alpha value is 1.14. The van der Waals surface area contributed by atoms with Crippen molar-refractivity contribution in [2.75, 3.05) is 25.4 Å². The molecule has 3 N–H and O–H groups in total. The summed E-state index contributed by atoms with van der Waals surface area (Å²) < 4.78 is 0. The third-order valence-electron chi connectivity index (χ3n) is 1.05. The summed E-state index contributed by atoms with van der Waals surface area (Å²) in [4.78, 5) is 0. The summed E-state index contributed by atoms with van der Waals surface area (Å²) in [5.74, 6) is 0.662. The second kappa shape index (κ2) is 6.63. The highest BCUT2D eigenvalue weighted by Gasteiger charge is 2.11. The molecule has 0 aromatic heterocycles. The van der Waals surface area contributed by atoms with E-state index >= 15 is 0 Å². The van der Waals surface area contributed by atoms with Crippen LogP contribution in [0.15, 0.2) is 0 Å². The first-order chi connectivity index (χ1) is 5.06. The van der Waals surface area contributed by atoms with Crippen LogP contribution in [0.4, 0.5) is 0 Å². The normalized spacial score (nSPS) is 13.5. The highest BCUT2D eigenvalue weighted by atomic mass is 36.2. The van der Waals surface area contributed by atoms with Crippen molar-refractivity contribution in [3.63, 3.8) is 0 Å². The van der Waals surface area contributed by atoms with Gasteiger partial charge in [-0.05, 0) is 52.7 Å². The molecule has 11 heavy (non-hydrogen) atoms. The van der Waals surface area contributed by atoms with Crippen molar-refractivity contribution in [2.45, 2.75) is 6.42 Å². The summed E-state index contributed by atoms with van der Waals surface area (Å²) in [6.45, 7) is 2.36. The largest absolute Gasteiger partial charge is 0.329 e. The summed E-state index contributed by atoms with van der Waals surface area (Å²) in [7, 11) is 15.0. The van der Waals surface area contributed by atoms with Crippen molar-refractivity contribution in [1.82, 2.24) is 5.32 Å². The summed E-state index contributed by atoms with van der Waals surface area (Å²) in [6.07, 6.45) is 0.895. The maximum Gasteiger partial charge on any atom is 0.0177 e. The first kappa shape index (κ1) is 12.1. The Kier molecular flexibility index (Phi) is 7.32. The van der Waals surface area contributed by atoms with Crippen LogP contribution in [0.1, 0.15) is 6.42 Å². The van der Waals surface area contributed by atoms with Gasteiger partial charge in [0.1, 0.15) is 0 Å². The predicted molar refractivity (Wildman–Crippen MR) is 56.6 cm³/mol. The lowest BCUT2D eigenvalue weighted by Gasteiger charge is -2.14. The Morgan fingerprint density at radius 1 is 1.18 bits per heavy atom. The maximum atomic E-state index is 5.61. The zero-order valence-electron chi connectivity index (χ0n) is 6.16. The van der Waals surface area contributed by atoms with Crippen LogP contribution in [0.3, 0.4) is 0 Å². The smallest absolute Gasteiger partial charge is 0.0177 e. The summed E-state index contributed by atoms with van der Waals surface area (Å²) >= 11 is 0. The standard InChI is InChI=1S/C5H13Cl3N2S/c6-11(7,8)5-1-3-10-4-2-9/h10H,1-5,9H2. The van der Waals surface area contributed by atoms with E-state index in [0.29, 0.717) is 12.3 Å². The van der Waals surface area contributed by atoms with Gasteiger partial charge in [0.2, 0.25) is 0 Å². The summed E-state index contributed by atoms with van der Waals surface area (Å²) in [6, 6.07) is 0. The molecule has 0 saturated carbocycles. The number of halogens is 3. The van der Waals surface area contributed by atoms with Gasteiger partial charge < -0.3 is 11.1 Å². The Morgan fingerprint density at radius 2 is 1.82 bits per heavy atom. The summed E-state index contributed by atoms with van der Waals surface area (Å²) in [5.41, 5.74) is 5.26. The monoisotopic (exact) mass is 238 g/mol. The molecular weight excluding hydrogens is 226 g/mol. The van der Waals surface area contributed by atoms with Crippen molar-refractivity contribution in [2.24, 2.45) is 5.73 Å². The van der Waals surface area contributed by atoms with Gasteiger partial charge >= 0.3 is 0 Å². The topological polar surface area (TPSA) is 38.0 Å². The lowest BCUT2D eigenvalue weighted by molar-refractivity contribution is 0.681. The Bertz CT molecular complexity index is 96.2. The zero-order valence-corrected chi connectivity index (χ0v) is 9.24. The van der Waals surface area contributed by atoms with Gasteiger partial charge in [-0.1, -0.05) is 0 Å². The molecule has 0 aromatic rings. The van der Waals surface area contributed by atoms with Gasteiger partial charge in [-0.3, -0.25) is 0 Å². The van der Waals surface area contributed by atoms with Crippen LogP contribution in [-0.2, 0) is 0 Å². The molecule has 0 spiro atoms. The molecule has 0 aromatic carbocycles. The lowest BCUT2D eigenvalue weighted by atomic mass is 10.5. The van der Waals surface area contributed by atoms with E-state index in [9.17, 15) is 0 Å². The molecule has 6 heteroatoms. The molecule has 0 rings (SSSR count). The van der Waals surface area contributed by atoms with Crippen LogP contribution in [0.2, 0.25) is 0 Å². The van der Waals surface area contributed by atoms with E-state index in [1.807, 2.05) is 0 Å². The molecule has 0 saturated heterocycles. The molecule has 0 aliphatic heterocycles. The molecule has 0 aliphatic rings. The molecule has 70 valence electrons. The molecule has 0 unspecified atom stereocenters. The molecule has 0 heterocycles. The van der Waals surface area contributed by atoms with Crippen LogP contribution < -0.4 is 11.1 Å². The highest BCUT2D eigenvalue weighted by Crippen LogP contribution is 2.63. The first-order valence-corrected chi connectivity index (χ1v) is 7.65. The van der Waals surface area contributed by atoms with Gasteiger partial charge in [-0.25, -0.2) is 0 Å². The van der Waals surface area contributed by atoms with E-state index in [1.165, 1.54) is 0 Å². The predicted octanol–water partition coefficient (Wildman–Crippen LogP) is 2.19. The van der Waals surface area contributed by atoms with Gasteiger partial charge in [0.15, 0.2) is 0 Å². The van der Waals surface area contributed by atoms with Gasteiger partial charge in [-0.15, -0.1) is 0 Å². The van der Waals surface area contributed by atoms with Crippen LogP contribution in [0, 0.1) is 0 Å². The number of hydrogen-bond acceptors (Lipinski definition) is 2. The zero-order chi connectivity index (χ0) is 8.74. The minimum absolute atomic E-state index is 0.653. The molecule has 0 radical (unpaired) electrons. The minimum Gasteiger partial charge on any atom is -0.329 e. The van der Waals surface area contributed by atoms with Crippen LogP contribution in [-0.4, -0.2) is 25.4 Å². The first-order valence-electron chi connectivity index (χ1n) is 3.37. The minimum atomic E-state index is -1.87. The molecule has 0 bridgehead atoms. The quantitative estimate of drug-likeness (QED) is 0.698. The number of rotatable bonds is 6. The maximum absolute atomic E-state index is 5.61. The number of hydrogen-bond donors (Lipinski definition) is 2. The van der Waals surface area contributed by atoms with Crippen LogP contribution >= 0.6 is 39.7 Å². The number of nitrogens with one attached hydrogen (secondary N) is 1. The van der Waals surface area contributed by atoms with E-state index in [-0.39, 0.29) is 0 Å². The molecule has 0 fully saturated rings. The van der Waals surface area contributed by atoms with E-state index in [1.54, 1.807) is 0 Å². The van der Waals surface area contributed by atoms with Gasteiger partial charge in [0.25, 0.3) is 0 Å². The Morgan fingerprint density at radius 3 is 2.27 bits per heavy atom. The molecule has 0 amide bonds. The van der Waals surface area contributed by atoms with Crippen molar-refractivity contribution >= 4 is 39.7 Å². The SMILES string of the molecule is NCCNCCCS(Cl)(Cl)Cl. The third-order valence-corrected chi connectivity index (χ3v) is 3.19. The molecular formula is C5H13Cl3N2S. The average Bonchev–Trinajstić information content (AvgIpc) is 1.85. The van der Waals surface area contributed by atoms with Crippen LogP contribution in [0.25, 0.3) is 0 Å². The Labute approximate surface area is 82.6 Å². The van der Waals surface area contributed by atoms with E-state index < -0.39 is 7.67 Å². The second-order valence-corrected chi connectivity index (χ2v) is 9.67. The van der Waals surface area contributed by atoms with E-state index in [2.05, 4.69) is 5.32 Å². The lowest BCUT2D eigenvalue weighted by Crippen LogP contribution is -2.23. The second-order valence-electron chi connectivity index (χ2n) is 2.10. The fourth-order valence-electron chi connectivity index (χ4n) is 0.588. The molecule has 0 atom stereocenters. The molecule has 0 aliphatic carbocycles. The third kappa shape index (κ3) is 11.1. The van der Waals surface area contributed by atoms with Crippen molar-refractivity contribution in [3.05, 3.63) is 0 Å². The fraction of sp³-hybridized carbons (Fsp3) is 1.00. The van der Waals surface area contributed by atoms with Crippen molar-refractivity contribution in [1.29, 1.82) is 0 Å². The van der Waals surface area contributed by atoms with Crippen molar-refractivity contribution < 1.29 is 0 Å². The van der Waals surface area contributed by atoms with E-state index in [0.717, 1.165) is 19.5 Å². The number of nitrogens with two attached hydrogens (primary N) is 1. The fourth-order valence-corrected chi connectivity index (χ4v) is 2.04. The Balaban J connectivity index is 3.02. The van der Waals surface area contributed by atoms with Gasteiger partial charge in [0, 0.05) is 18.8 Å². The van der Waals surface area contributed by atoms with Gasteiger partial charge in [-0.2, -0.15) is 0 Å². The average molecular weight is 240 g/mol. The van der Waals surface area contributed by atoms with Gasteiger partial charge in [0.05, 0.1) is 0 Å². The highest BCUT2D eigenvalue weighted by molar-refractivity contribution is 8.79. The van der Waals surface area contributed by atoms with Crippen molar-refractivity contribution in [3.8, 4) is 0 Å². The molecule has 2 nitrogen and oxygen atoms in total.